The average Bonchev–Trinajstić information content (AvgIpc) is 3.04. The zero-order chi connectivity index (χ0) is 17.6. The molecule has 25 heavy (non-hydrogen) atoms. The van der Waals surface area contributed by atoms with Crippen LogP contribution in [0.15, 0.2) is 24.4 Å². The van der Waals surface area contributed by atoms with E-state index in [1.807, 2.05) is 9.58 Å². The number of fused-ring (bicyclic) bond motifs is 3. The van der Waals surface area contributed by atoms with Gasteiger partial charge < -0.3 is 4.74 Å². The number of ether oxygens (including phenoxy) is 1. The summed E-state index contributed by atoms with van der Waals surface area (Å²) >= 11 is 0. The third-order valence-corrected chi connectivity index (χ3v) is 4.76. The van der Waals surface area contributed by atoms with Crippen LogP contribution in [0.3, 0.4) is 0 Å². The second-order valence-corrected chi connectivity index (χ2v) is 6.42. The van der Waals surface area contributed by atoms with Crippen molar-refractivity contribution in [1.29, 1.82) is 0 Å². The van der Waals surface area contributed by atoms with Crippen LogP contribution in [0.2, 0.25) is 0 Å². The van der Waals surface area contributed by atoms with E-state index in [4.69, 9.17) is 4.74 Å². The lowest BCUT2D eigenvalue weighted by atomic mass is 9.99. The number of hydrogen-bond acceptors (Lipinski definition) is 4. The molecule has 1 aromatic heterocycles. The summed E-state index contributed by atoms with van der Waals surface area (Å²) in [5.74, 6) is -1.25. The van der Waals surface area contributed by atoms with Gasteiger partial charge in [0.25, 0.3) is 0 Å². The van der Waals surface area contributed by atoms with Crippen LogP contribution < -0.4 is 0 Å². The Kier molecular flexibility index (Phi) is 3.99. The Morgan fingerprint density at radius 1 is 1.28 bits per heavy atom. The van der Waals surface area contributed by atoms with Gasteiger partial charge in [0.1, 0.15) is 5.82 Å². The smallest absolute Gasteiger partial charge is 0.368 e. The van der Waals surface area contributed by atoms with Crippen LogP contribution in [0.4, 0.5) is 17.6 Å². The van der Waals surface area contributed by atoms with Gasteiger partial charge in [0.2, 0.25) is 0 Å². The van der Waals surface area contributed by atoms with E-state index in [9.17, 15) is 17.6 Å². The van der Waals surface area contributed by atoms with Gasteiger partial charge in [0.15, 0.2) is 0 Å². The van der Waals surface area contributed by atoms with Crippen molar-refractivity contribution in [2.45, 2.75) is 37.9 Å². The molecular weight excluding hydrogens is 340 g/mol. The van der Waals surface area contributed by atoms with Gasteiger partial charge in [-0.1, -0.05) is 11.3 Å². The Morgan fingerprint density at radius 3 is 2.92 bits per heavy atom. The number of hydrogen-bond donors (Lipinski definition) is 0. The van der Waals surface area contributed by atoms with E-state index in [1.54, 1.807) is 6.20 Å². The topological polar surface area (TPSA) is 43.2 Å². The van der Waals surface area contributed by atoms with Crippen LogP contribution in [0.25, 0.3) is 0 Å². The lowest BCUT2D eigenvalue weighted by molar-refractivity contribution is -0.140. The van der Waals surface area contributed by atoms with Crippen molar-refractivity contribution >= 4 is 0 Å². The van der Waals surface area contributed by atoms with Gasteiger partial charge in [-0.3, -0.25) is 4.90 Å². The van der Waals surface area contributed by atoms with Gasteiger partial charge in [-0.05, 0) is 24.1 Å². The van der Waals surface area contributed by atoms with Crippen LogP contribution in [0.5, 0.6) is 0 Å². The highest BCUT2D eigenvalue weighted by Gasteiger charge is 2.37. The first-order valence-electron chi connectivity index (χ1n) is 8.00. The van der Waals surface area contributed by atoms with Gasteiger partial charge in [-0.15, -0.1) is 5.10 Å². The number of aromatic nitrogens is 3. The molecule has 1 saturated heterocycles. The highest BCUT2D eigenvalue weighted by molar-refractivity contribution is 5.27. The molecule has 0 N–H and O–H groups in total. The summed E-state index contributed by atoms with van der Waals surface area (Å²) in [6, 6.07) is 3.26. The maximum atomic E-state index is 13.4. The quantitative estimate of drug-likeness (QED) is 0.776. The minimum absolute atomic E-state index is 0.0783. The summed E-state index contributed by atoms with van der Waals surface area (Å²) in [6.07, 6.45) is -2.32. The summed E-state index contributed by atoms with van der Waals surface area (Å²) in [5, 5.41) is 8.00. The van der Waals surface area contributed by atoms with Crippen LogP contribution in [-0.2, 0) is 24.1 Å². The molecule has 2 aromatic rings. The maximum Gasteiger partial charge on any atom is 0.419 e. The second kappa shape index (κ2) is 6.06. The molecule has 2 aliphatic rings. The molecule has 9 heteroatoms. The minimum atomic E-state index is -4.69. The Bertz CT molecular complexity index is 776. The van der Waals surface area contributed by atoms with E-state index in [-0.39, 0.29) is 12.1 Å². The molecule has 0 saturated carbocycles. The van der Waals surface area contributed by atoms with E-state index in [2.05, 4.69) is 10.3 Å². The standard InChI is InChI=1S/C16H16F4N4O/c17-13-2-1-10(5-12(13)16(18,19)20)7-23-4-3-14-15(8-23)25-9-11-6-21-22-24(11)14/h1-2,5-6,14-15H,3-4,7-9H2/t14-,15-/m0/s1. The lowest BCUT2D eigenvalue weighted by Gasteiger charge is -2.41. The maximum absolute atomic E-state index is 13.4. The summed E-state index contributed by atoms with van der Waals surface area (Å²) in [7, 11) is 0. The SMILES string of the molecule is Fc1ccc(CN2CC[C@H]3[C@H](C2)OCc2cnnn23)cc1C(F)(F)F. The molecule has 2 aliphatic heterocycles. The lowest BCUT2D eigenvalue weighted by Crippen LogP contribution is -2.48. The first-order valence-corrected chi connectivity index (χ1v) is 8.00. The molecule has 4 rings (SSSR count). The number of rotatable bonds is 2. The van der Waals surface area contributed by atoms with E-state index in [1.165, 1.54) is 6.07 Å². The highest BCUT2D eigenvalue weighted by atomic mass is 19.4. The number of alkyl halides is 3. The normalized spacial score (nSPS) is 24.0. The molecular formula is C16H16F4N4O. The van der Waals surface area contributed by atoms with E-state index in [0.717, 1.165) is 24.2 Å². The molecule has 1 aromatic carbocycles. The van der Waals surface area contributed by atoms with Crippen LogP contribution in [0.1, 0.15) is 29.3 Å². The number of halogens is 4. The average molecular weight is 356 g/mol. The van der Waals surface area contributed by atoms with Gasteiger partial charge >= 0.3 is 6.18 Å². The van der Waals surface area contributed by atoms with Gasteiger partial charge in [0.05, 0.1) is 36.2 Å². The molecule has 3 heterocycles. The minimum Gasteiger partial charge on any atom is -0.368 e. The third kappa shape index (κ3) is 3.13. The second-order valence-electron chi connectivity index (χ2n) is 6.42. The fourth-order valence-corrected chi connectivity index (χ4v) is 3.54. The van der Waals surface area contributed by atoms with Gasteiger partial charge in [-0.2, -0.15) is 13.2 Å². The first-order chi connectivity index (χ1) is 11.9. The molecule has 2 atom stereocenters. The fourth-order valence-electron chi connectivity index (χ4n) is 3.54. The molecule has 1 fully saturated rings. The summed E-state index contributed by atoms with van der Waals surface area (Å²) in [4.78, 5) is 2.02. The molecule has 134 valence electrons. The van der Waals surface area contributed by atoms with E-state index in [0.29, 0.717) is 31.8 Å². The zero-order valence-electron chi connectivity index (χ0n) is 13.2. The van der Waals surface area contributed by atoms with E-state index < -0.39 is 17.6 Å². The molecule has 0 radical (unpaired) electrons. The van der Waals surface area contributed by atoms with Crippen molar-refractivity contribution in [3.63, 3.8) is 0 Å². The summed E-state index contributed by atoms with van der Waals surface area (Å²) in [5.41, 5.74) is 0.147. The first kappa shape index (κ1) is 16.5. The third-order valence-electron chi connectivity index (χ3n) is 4.76. The summed E-state index contributed by atoms with van der Waals surface area (Å²) < 4.78 is 59.7. The van der Waals surface area contributed by atoms with Crippen LogP contribution in [-0.4, -0.2) is 39.1 Å². The Labute approximate surface area is 141 Å². The monoisotopic (exact) mass is 356 g/mol. The molecule has 0 spiro atoms. The predicted molar refractivity (Wildman–Crippen MR) is 78.9 cm³/mol. The fraction of sp³-hybridized carbons (Fsp3) is 0.500. The van der Waals surface area contributed by atoms with Crippen molar-refractivity contribution in [3.8, 4) is 0 Å². The highest BCUT2D eigenvalue weighted by Crippen LogP contribution is 2.33. The van der Waals surface area contributed by atoms with Crippen molar-refractivity contribution in [2.24, 2.45) is 0 Å². The van der Waals surface area contributed by atoms with Crippen molar-refractivity contribution in [1.82, 2.24) is 19.9 Å². The van der Waals surface area contributed by atoms with Crippen molar-refractivity contribution in [3.05, 3.63) is 47.0 Å². The largest absolute Gasteiger partial charge is 0.419 e. The number of likely N-dealkylation sites (tertiary alicyclic amines) is 1. The molecule has 0 amide bonds. The number of benzene rings is 1. The molecule has 5 nitrogen and oxygen atoms in total. The number of nitrogens with zero attached hydrogens (tertiary/aromatic N) is 4. The van der Waals surface area contributed by atoms with Crippen LogP contribution >= 0.6 is 0 Å². The Morgan fingerprint density at radius 2 is 2.12 bits per heavy atom. The predicted octanol–water partition coefficient (Wildman–Crippen LogP) is 2.78. The molecule has 0 unspecified atom stereocenters. The van der Waals surface area contributed by atoms with E-state index >= 15 is 0 Å². The summed E-state index contributed by atoms with van der Waals surface area (Å²) in [6.45, 7) is 2.03. The molecule has 0 bridgehead atoms. The zero-order valence-corrected chi connectivity index (χ0v) is 13.2. The van der Waals surface area contributed by atoms with Gasteiger partial charge in [-0.25, -0.2) is 9.07 Å². The Hall–Kier alpha value is -2.00. The molecule has 0 aliphatic carbocycles. The van der Waals surface area contributed by atoms with Gasteiger partial charge in [0, 0.05) is 19.6 Å². The Balaban J connectivity index is 1.47. The van der Waals surface area contributed by atoms with Crippen molar-refractivity contribution < 1.29 is 22.3 Å². The number of piperidine rings is 1. The van der Waals surface area contributed by atoms with Crippen molar-refractivity contribution in [2.75, 3.05) is 13.1 Å². The van der Waals surface area contributed by atoms with Crippen LogP contribution in [0, 0.1) is 5.82 Å².